The van der Waals surface area contributed by atoms with Gasteiger partial charge >= 0.3 is 5.97 Å². The van der Waals surface area contributed by atoms with Crippen LogP contribution in [0.15, 0.2) is 24.3 Å². The molecule has 0 N–H and O–H groups in total. The minimum Gasteiger partial charge on any atom is -0.468 e. The second-order valence-corrected chi connectivity index (χ2v) is 4.72. The van der Waals surface area contributed by atoms with Crippen LogP contribution in [0.25, 0.3) is 0 Å². The predicted molar refractivity (Wildman–Crippen MR) is 68.4 cm³/mol. The lowest BCUT2D eigenvalue weighted by atomic mass is 9.68. The molecule has 1 aromatic carbocycles. The van der Waals surface area contributed by atoms with Crippen LogP contribution in [-0.4, -0.2) is 18.9 Å². The normalized spacial score (nSPS) is 21.4. The van der Waals surface area contributed by atoms with Gasteiger partial charge in [0.15, 0.2) is 5.78 Å². The van der Waals surface area contributed by atoms with Gasteiger partial charge in [0.1, 0.15) is 5.41 Å². The van der Waals surface area contributed by atoms with E-state index in [1.165, 1.54) is 7.11 Å². The van der Waals surface area contributed by atoms with Gasteiger partial charge in [-0.1, -0.05) is 24.3 Å². The van der Waals surface area contributed by atoms with Crippen molar-refractivity contribution in [1.82, 2.24) is 0 Å². The van der Waals surface area contributed by atoms with E-state index in [0.717, 1.165) is 5.56 Å². The molecule has 0 saturated heterocycles. The van der Waals surface area contributed by atoms with Crippen LogP contribution in [0.4, 0.5) is 0 Å². The lowest BCUT2D eigenvalue weighted by Crippen LogP contribution is -2.43. The van der Waals surface area contributed by atoms with E-state index in [1.54, 1.807) is 12.1 Å². The third kappa shape index (κ3) is 2.12. The van der Waals surface area contributed by atoms with Crippen LogP contribution in [0.5, 0.6) is 0 Å². The maximum Gasteiger partial charge on any atom is 0.319 e. The molecule has 2 rings (SSSR count). The van der Waals surface area contributed by atoms with Crippen molar-refractivity contribution in [3.05, 3.63) is 35.4 Å². The molecule has 1 aromatic rings. The number of hydrogen-bond donors (Lipinski definition) is 0. The number of benzene rings is 1. The van der Waals surface area contributed by atoms with Gasteiger partial charge in [-0.05, 0) is 24.8 Å². The SMILES string of the molecule is COC(=O)C1(CCC#N)CCc2ccccc2C1=O. The van der Waals surface area contributed by atoms with Crippen LogP contribution in [-0.2, 0) is 16.0 Å². The fourth-order valence-electron chi connectivity index (χ4n) is 2.68. The van der Waals surface area contributed by atoms with Gasteiger partial charge in [-0.15, -0.1) is 0 Å². The first-order valence-electron chi connectivity index (χ1n) is 6.24. The molecule has 0 fully saturated rings. The number of rotatable bonds is 3. The largest absolute Gasteiger partial charge is 0.468 e. The number of nitriles is 1. The Morgan fingerprint density at radius 1 is 1.47 bits per heavy atom. The van der Waals surface area contributed by atoms with Crippen LogP contribution in [0.3, 0.4) is 0 Å². The zero-order chi connectivity index (χ0) is 13.9. The van der Waals surface area contributed by atoms with E-state index in [9.17, 15) is 9.59 Å². The molecule has 0 aromatic heterocycles. The van der Waals surface area contributed by atoms with Crippen LogP contribution in [0.2, 0.25) is 0 Å². The van der Waals surface area contributed by atoms with Crippen molar-refractivity contribution in [3.63, 3.8) is 0 Å². The molecule has 1 aliphatic rings. The Morgan fingerprint density at radius 2 is 2.21 bits per heavy atom. The first-order valence-corrected chi connectivity index (χ1v) is 6.24. The summed E-state index contributed by atoms with van der Waals surface area (Å²) < 4.78 is 4.81. The number of nitrogens with zero attached hydrogens (tertiary/aromatic N) is 1. The van der Waals surface area contributed by atoms with Crippen LogP contribution < -0.4 is 0 Å². The number of aryl methyl sites for hydroxylation is 1. The van der Waals surface area contributed by atoms with Crippen LogP contribution in [0, 0.1) is 16.7 Å². The summed E-state index contributed by atoms with van der Waals surface area (Å²) in [6.45, 7) is 0. The van der Waals surface area contributed by atoms with Crippen molar-refractivity contribution >= 4 is 11.8 Å². The monoisotopic (exact) mass is 257 g/mol. The summed E-state index contributed by atoms with van der Waals surface area (Å²) in [6, 6.07) is 9.31. The zero-order valence-electron chi connectivity index (χ0n) is 10.8. The molecule has 0 bridgehead atoms. The average Bonchev–Trinajstić information content (AvgIpc) is 2.46. The highest BCUT2D eigenvalue weighted by molar-refractivity contribution is 6.14. The molecule has 4 heteroatoms. The average molecular weight is 257 g/mol. The first-order chi connectivity index (χ1) is 9.15. The van der Waals surface area contributed by atoms with E-state index in [2.05, 4.69) is 0 Å². The van der Waals surface area contributed by atoms with Crippen LogP contribution >= 0.6 is 0 Å². The Hall–Kier alpha value is -2.15. The second kappa shape index (κ2) is 5.23. The zero-order valence-corrected chi connectivity index (χ0v) is 10.8. The summed E-state index contributed by atoms with van der Waals surface area (Å²) in [5.41, 5.74) is 0.361. The Balaban J connectivity index is 2.44. The number of carbonyl (C=O) groups is 2. The molecule has 1 aliphatic carbocycles. The molecule has 0 saturated carbocycles. The molecule has 0 amide bonds. The fraction of sp³-hybridized carbons (Fsp3) is 0.400. The summed E-state index contributed by atoms with van der Waals surface area (Å²) in [5.74, 6) is -0.737. The molecular weight excluding hydrogens is 242 g/mol. The van der Waals surface area contributed by atoms with E-state index in [1.807, 2.05) is 18.2 Å². The van der Waals surface area contributed by atoms with Gasteiger partial charge in [0.05, 0.1) is 13.2 Å². The van der Waals surface area contributed by atoms with Gasteiger partial charge in [0.2, 0.25) is 0 Å². The molecule has 1 atom stereocenters. The maximum absolute atomic E-state index is 12.6. The number of hydrogen-bond acceptors (Lipinski definition) is 4. The van der Waals surface area contributed by atoms with E-state index in [4.69, 9.17) is 10.00 Å². The van der Waals surface area contributed by atoms with Crippen molar-refractivity contribution in [2.45, 2.75) is 25.7 Å². The van der Waals surface area contributed by atoms with E-state index >= 15 is 0 Å². The van der Waals surface area contributed by atoms with Gasteiger partial charge in [-0.2, -0.15) is 5.26 Å². The lowest BCUT2D eigenvalue weighted by Gasteiger charge is -2.33. The summed E-state index contributed by atoms with van der Waals surface area (Å²) in [4.78, 5) is 24.7. The van der Waals surface area contributed by atoms with Gasteiger partial charge in [0, 0.05) is 12.0 Å². The number of ketones is 1. The third-order valence-electron chi connectivity index (χ3n) is 3.76. The van der Waals surface area contributed by atoms with E-state index < -0.39 is 11.4 Å². The Labute approximate surface area is 112 Å². The standard InChI is InChI=1S/C15H15NO3/c1-19-14(18)15(8-4-10-16)9-7-11-5-2-3-6-12(11)13(15)17/h2-3,5-6H,4,7-9H2,1H3. The second-order valence-electron chi connectivity index (χ2n) is 4.72. The molecule has 4 nitrogen and oxygen atoms in total. The molecule has 0 heterocycles. The quantitative estimate of drug-likeness (QED) is 0.615. The molecule has 19 heavy (non-hydrogen) atoms. The Bertz CT molecular complexity index is 559. The van der Waals surface area contributed by atoms with E-state index in [0.29, 0.717) is 18.4 Å². The molecule has 0 aliphatic heterocycles. The molecular formula is C15H15NO3. The molecule has 98 valence electrons. The molecule has 1 unspecified atom stereocenters. The number of methoxy groups -OCH3 is 1. The van der Waals surface area contributed by atoms with Gasteiger partial charge in [0.25, 0.3) is 0 Å². The number of Topliss-reactive ketones (excluding diaryl/α,β-unsaturated/α-hetero) is 1. The summed E-state index contributed by atoms with van der Waals surface area (Å²) in [7, 11) is 1.28. The van der Waals surface area contributed by atoms with Crippen molar-refractivity contribution in [2.75, 3.05) is 7.11 Å². The van der Waals surface area contributed by atoms with Gasteiger partial charge in [-0.3, -0.25) is 9.59 Å². The third-order valence-corrected chi connectivity index (χ3v) is 3.76. The van der Waals surface area contributed by atoms with Crippen molar-refractivity contribution in [1.29, 1.82) is 5.26 Å². The highest BCUT2D eigenvalue weighted by Crippen LogP contribution is 2.40. The number of esters is 1. The Kier molecular flexibility index (Phi) is 3.66. The number of fused-ring (bicyclic) bond motifs is 1. The highest BCUT2D eigenvalue weighted by atomic mass is 16.5. The van der Waals surface area contributed by atoms with Crippen molar-refractivity contribution in [3.8, 4) is 6.07 Å². The predicted octanol–water partition coefficient (Wildman–Crippen LogP) is 2.28. The van der Waals surface area contributed by atoms with Crippen molar-refractivity contribution in [2.24, 2.45) is 5.41 Å². The van der Waals surface area contributed by atoms with E-state index in [-0.39, 0.29) is 18.6 Å². The highest BCUT2D eigenvalue weighted by Gasteiger charge is 2.49. The first kappa shape index (κ1) is 13.3. The lowest BCUT2D eigenvalue weighted by molar-refractivity contribution is -0.150. The van der Waals surface area contributed by atoms with Gasteiger partial charge < -0.3 is 4.74 Å². The summed E-state index contributed by atoms with van der Waals surface area (Å²) in [5, 5.41) is 8.73. The smallest absolute Gasteiger partial charge is 0.319 e. The number of ether oxygens (including phenoxy) is 1. The van der Waals surface area contributed by atoms with Gasteiger partial charge in [-0.25, -0.2) is 0 Å². The minimum absolute atomic E-state index is 0.170. The summed E-state index contributed by atoms with van der Waals surface area (Å²) >= 11 is 0. The minimum atomic E-state index is -1.18. The summed E-state index contributed by atoms with van der Waals surface area (Å²) in [6.07, 6.45) is 1.46. The molecule has 0 radical (unpaired) electrons. The number of carbonyl (C=O) groups excluding carboxylic acids is 2. The fourth-order valence-corrected chi connectivity index (χ4v) is 2.68. The Morgan fingerprint density at radius 3 is 2.89 bits per heavy atom. The van der Waals surface area contributed by atoms with Crippen LogP contribution in [0.1, 0.15) is 35.2 Å². The van der Waals surface area contributed by atoms with Crippen molar-refractivity contribution < 1.29 is 14.3 Å². The topological polar surface area (TPSA) is 67.2 Å². The molecule has 0 spiro atoms. The maximum atomic E-state index is 12.6.